The maximum atomic E-state index is 15.4. The van der Waals surface area contributed by atoms with Gasteiger partial charge in [0.1, 0.15) is 0 Å². The summed E-state index contributed by atoms with van der Waals surface area (Å²) in [5, 5.41) is 2.87. The maximum absolute atomic E-state index is 15.4. The molecule has 0 atom stereocenters. The van der Waals surface area contributed by atoms with Gasteiger partial charge in [-0.3, -0.25) is 0 Å². The second-order valence-electron chi connectivity index (χ2n) is 10.4. The standard InChI is InChI=1S/C30H41O2PS/c1-21-17-23(3)29(24(4)18-21)33(31,30-25(5)19-22(2)20-26(30)6)28-14-12-27(13-15-28)11-9-10-16-34(7,8)32/h12-15,17-20,32H,9-11,16H2,1-8H3. The summed E-state index contributed by atoms with van der Waals surface area (Å²) >= 11 is 0. The van der Waals surface area contributed by atoms with Gasteiger partial charge in [0.2, 0.25) is 0 Å². The topological polar surface area (TPSA) is 37.3 Å². The number of aryl methyl sites for hydroxylation is 7. The van der Waals surface area contributed by atoms with E-state index in [2.05, 4.69) is 90.1 Å². The van der Waals surface area contributed by atoms with Gasteiger partial charge < -0.3 is 9.12 Å². The molecule has 34 heavy (non-hydrogen) atoms. The molecule has 0 heterocycles. The van der Waals surface area contributed by atoms with E-state index in [0.717, 1.165) is 63.2 Å². The highest BCUT2D eigenvalue weighted by atomic mass is 32.3. The van der Waals surface area contributed by atoms with Crippen LogP contribution in [0, 0.1) is 41.5 Å². The van der Waals surface area contributed by atoms with Crippen molar-refractivity contribution < 1.29 is 9.12 Å². The van der Waals surface area contributed by atoms with Gasteiger partial charge in [0.25, 0.3) is 0 Å². The minimum atomic E-state index is -3.07. The molecule has 0 fully saturated rings. The molecule has 3 aromatic carbocycles. The fourth-order valence-corrected chi connectivity index (χ4v) is 9.83. The fourth-order valence-electron chi connectivity index (χ4n) is 5.37. The normalized spacial score (nSPS) is 12.7. The molecule has 2 nitrogen and oxygen atoms in total. The van der Waals surface area contributed by atoms with E-state index < -0.39 is 17.5 Å². The van der Waals surface area contributed by atoms with Crippen LogP contribution in [0.5, 0.6) is 0 Å². The van der Waals surface area contributed by atoms with Gasteiger partial charge in [0.05, 0.1) is 0 Å². The molecule has 4 heteroatoms. The first-order chi connectivity index (χ1) is 15.8. The Kier molecular flexibility index (Phi) is 8.23. The van der Waals surface area contributed by atoms with Crippen molar-refractivity contribution in [3.63, 3.8) is 0 Å². The Bertz CT molecular complexity index is 1110. The van der Waals surface area contributed by atoms with E-state index in [0.29, 0.717) is 0 Å². The molecule has 0 aliphatic rings. The Morgan fingerprint density at radius 2 is 1.12 bits per heavy atom. The quantitative estimate of drug-likeness (QED) is 0.268. The molecular weight excluding hydrogens is 455 g/mol. The Labute approximate surface area is 208 Å². The number of unbranched alkanes of at least 4 members (excludes halogenated alkanes) is 1. The molecule has 0 unspecified atom stereocenters. The van der Waals surface area contributed by atoms with Crippen LogP contribution in [0.25, 0.3) is 0 Å². The highest BCUT2D eigenvalue weighted by Crippen LogP contribution is 2.46. The molecule has 1 N–H and O–H groups in total. The largest absolute Gasteiger partial charge is 0.352 e. The van der Waals surface area contributed by atoms with Gasteiger partial charge in [-0.25, -0.2) is 0 Å². The van der Waals surface area contributed by atoms with E-state index in [4.69, 9.17) is 0 Å². The van der Waals surface area contributed by atoms with Gasteiger partial charge in [-0.05, 0) is 107 Å². The molecule has 184 valence electrons. The second-order valence-corrected chi connectivity index (χ2v) is 16.4. The summed E-state index contributed by atoms with van der Waals surface area (Å²) in [5.41, 5.74) is 8.04. The van der Waals surface area contributed by atoms with E-state index in [-0.39, 0.29) is 0 Å². The van der Waals surface area contributed by atoms with Gasteiger partial charge in [0, 0.05) is 15.9 Å². The average Bonchev–Trinajstić information content (AvgIpc) is 2.69. The lowest BCUT2D eigenvalue weighted by Crippen LogP contribution is -2.31. The summed E-state index contributed by atoms with van der Waals surface area (Å²) in [5.74, 6) is 0.887. The summed E-state index contributed by atoms with van der Waals surface area (Å²) in [6, 6.07) is 17.1. The molecule has 0 amide bonds. The molecule has 0 radical (unpaired) electrons. The molecular formula is C30H41O2PS. The van der Waals surface area contributed by atoms with Crippen molar-refractivity contribution in [3.8, 4) is 0 Å². The van der Waals surface area contributed by atoms with Crippen molar-refractivity contribution in [1.82, 2.24) is 0 Å². The van der Waals surface area contributed by atoms with Crippen LogP contribution in [0.3, 0.4) is 0 Å². The van der Waals surface area contributed by atoms with E-state index in [1.54, 1.807) is 0 Å². The first-order valence-corrected chi connectivity index (χ1v) is 16.4. The van der Waals surface area contributed by atoms with Crippen LogP contribution in [-0.2, 0) is 11.0 Å². The number of hydrogen-bond donors (Lipinski definition) is 1. The third-order valence-electron chi connectivity index (χ3n) is 6.56. The predicted octanol–water partition coefficient (Wildman–Crippen LogP) is 7.04. The minimum absolute atomic E-state index is 0.887. The number of hydrogen-bond acceptors (Lipinski definition) is 2. The maximum Gasteiger partial charge on any atom is 0.172 e. The van der Waals surface area contributed by atoms with Crippen LogP contribution >= 0.6 is 17.5 Å². The van der Waals surface area contributed by atoms with E-state index >= 15 is 4.57 Å². The molecule has 0 saturated heterocycles. The van der Waals surface area contributed by atoms with Crippen LogP contribution in [-0.4, -0.2) is 22.8 Å². The first-order valence-electron chi connectivity index (χ1n) is 12.1. The van der Waals surface area contributed by atoms with Crippen molar-refractivity contribution in [2.75, 3.05) is 18.3 Å². The van der Waals surface area contributed by atoms with Crippen LogP contribution < -0.4 is 15.9 Å². The van der Waals surface area contributed by atoms with E-state index in [9.17, 15) is 4.55 Å². The van der Waals surface area contributed by atoms with E-state index in [1.807, 2.05) is 12.5 Å². The van der Waals surface area contributed by atoms with Crippen LogP contribution in [0.2, 0.25) is 0 Å². The average molecular weight is 497 g/mol. The summed E-state index contributed by atoms with van der Waals surface area (Å²) in [6.45, 7) is 12.6. The van der Waals surface area contributed by atoms with Crippen molar-refractivity contribution in [3.05, 3.63) is 87.5 Å². The fraction of sp³-hybridized carbons (Fsp3) is 0.400. The lowest BCUT2D eigenvalue weighted by Gasteiger charge is -2.27. The Morgan fingerprint density at radius 3 is 1.50 bits per heavy atom. The first kappa shape index (κ1) is 26.8. The molecule has 0 bridgehead atoms. The van der Waals surface area contributed by atoms with Gasteiger partial charge >= 0.3 is 0 Å². The lowest BCUT2D eigenvalue weighted by atomic mass is 10.1. The summed E-state index contributed by atoms with van der Waals surface area (Å²) in [4.78, 5) is 0. The molecule has 3 aromatic rings. The van der Waals surface area contributed by atoms with Crippen molar-refractivity contribution >= 4 is 33.4 Å². The van der Waals surface area contributed by atoms with Crippen LogP contribution in [0.4, 0.5) is 0 Å². The molecule has 0 saturated carbocycles. The zero-order chi connectivity index (χ0) is 25.3. The molecule has 0 aromatic heterocycles. The van der Waals surface area contributed by atoms with Crippen LogP contribution in [0.15, 0.2) is 48.5 Å². The van der Waals surface area contributed by atoms with E-state index in [1.165, 1.54) is 16.7 Å². The summed E-state index contributed by atoms with van der Waals surface area (Å²) in [7, 11) is -4.50. The zero-order valence-electron chi connectivity index (χ0n) is 22.2. The second kappa shape index (κ2) is 10.4. The SMILES string of the molecule is Cc1cc(C)c(P(=O)(c2ccc(CCCCS(C)(C)O)cc2)c2c(C)cc(C)cc2C)c(C)c1. The smallest absolute Gasteiger partial charge is 0.172 e. The summed E-state index contributed by atoms with van der Waals surface area (Å²) in [6.07, 6.45) is 6.96. The van der Waals surface area contributed by atoms with Crippen LogP contribution in [0.1, 0.15) is 51.8 Å². The monoisotopic (exact) mass is 496 g/mol. The van der Waals surface area contributed by atoms with Gasteiger partial charge in [-0.2, -0.15) is 0 Å². The minimum Gasteiger partial charge on any atom is -0.352 e. The highest BCUT2D eigenvalue weighted by molar-refractivity contribution is 8.28. The van der Waals surface area contributed by atoms with Crippen molar-refractivity contribution in [2.45, 2.75) is 60.8 Å². The van der Waals surface area contributed by atoms with Gasteiger partial charge in [0.15, 0.2) is 7.14 Å². The Morgan fingerprint density at radius 1 is 0.706 bits per heavy atom. The van der Waals surface area contributed by atoms with Crippen molar-refractivity contribution in [1.29, 1.82) is 0 Å². The predicted molar refractivity (Wildman–Crippen MR) is 154 cm³/mol. The molecule has 0 aliphatic carbocycles. The lowest BCUT2D eigenvalue weighted by molar-refractivity contribution is 0.592. The van der Waals surface area contributed by atoms with Gasteiger partial charge in [-0.15, -0.1) is 10.3 Å². The molecule has 3 rings (SSSR count). The number of rotatable bonds is 8. The highest BCUT2D eigenvalue weighted by Gasteiger charge is 2.35. The summed E-state index contributed by atoms with van der Waals surface area (Å²) < 4.78 is 25.4. The zero-order valence-corrected chi connectivity index (χ0v) is 23.9. The molecule has 0 spiro atoms. The molecule has 0 aliphatic heterocycles. The Hall–Kier alpha value is -1.80. The van der Waals surface area contributed by atoms with Crippen molar-refractivity contribution in [2.24, 2.45) is 0 Å². The third-order valence-corrected chi connectivity index (χ3v) is 11.5. The third kappa shape index (κ3) is 5.88. The number of benzene rings is 3. The van der Waals surface area contributed by atoms with Gasteiger partial charge in [-0.1, -0.05) is 59.7 Å². The Balaban J connectivity index is 2.09.